The Morgan fingerprint density at radius 1 is 1.61 bits per heavy atom. The highest BCUT2D eigenvalue weighted by molar-refractivity contribution is 7.09. The number of carbonyl (C=O) groups is 1. The Morgan fingerprint density at radius 3 is 3.06 bits per heavy atom. The van der Waals surface area contributed by atoms with Gasteiger partial charge in [0.1, 0.15) is 5.69 Å². The lowest BCUT2D eigenvalue weighted by Gasteiger charge is -2.03. The molecule has 0 saturated carbocycles. The van der Waals surface area contributed by atoms with Gasteiger partial charge >= 0.3 is 0 Å². The Kier molecular flexibility index (Phi) is 9.86. The number of rotatable bonds is 8. The molecule has 0 aliphatic heterocycles. The zero-order valence-electron chi connectivity index (χ0n) is 10.5. The molecule has 1 aromatic heterocycles. The van der Waals surface area contributed by atoms with Gasteiger partial charge in [-0.15, -0.1) is 23.7 Å². The third-order valence-electron chi connectivity index (χ3n) is 2.10. The quantitative estimate of drug-likeness (QED) is 0.707. The van der Waals surface area contributed by atoms with Crippen LogP contribution in [0.2, 0.25) is 0 Å². The third kappa shape index (κ3) is 6.30. The minimum atomic E-state index is -0.124. The van der Waals surface area contributed by atoms with Gasteiger partial charge in [0.25, 0.3) is 5.91 Å². The second-order valence-corrected chi connectivity index (χ2v) is 4.41. The summed E-state index contributed by atoms with van der Waals surface area (Å²) in [4.78, 5) is 15.9. The number of carbonyl (C=O) groups excluding carboxylic acids is 1. The highest BCUT2D eigenvalue weighted by Gasteiger charge is 2.09. The molecule has 0 bridgehead atoms. The molecule has 0 radical (unpaired) electrons. The van der Waals surface area contributed by atoms with Crippen molar-refractivity contribution < 1.29 is 9.53 Å². The van der Waals surface area contributed by atoms with Crippen molar-refractivity contribution in [3.05, 3.63) is 16.1 Å². The molecular formula is C11H20ClN3O2S. The second-order valence-electron chi connectivity index (χ2n) is 3.47. The number of thiazole rings is 1. The molecule has 0 aromatic carbocycles. The number of ether oxygens (including phenoxy) is 1. The van der Waals surface area contributed by atoms with Crippen LogP contribution in [0.15, 0.2) is 5.38 Å². The van der Waals surface area contributed by atoms with E-state index in [1.165, 1.54) is 11.3 Å². The molecular weight excluding hydrogens is 274 g/mol. The molecule has 1 rings (SSSR count). The van der Waals surface area contributed by atoms with E-state index in [1.807, 2.05) is 6.92 Å². The zero-order chi connectivity index (χ0) is 12.5. The summed E-state index contributed by atoms with van der Waals surface area (Å²) in [5, 5.41) is 5.48. The highest BCUT2D eigenvalue weighted by Crippen LogP contribution is 2.09. The maximum absolute atomic E-state index is 11.7. The summed E-state index contributed by atoms with van der Waals surface area (Å²) in [5.41, 5.74) is 5.91. The molecule has 0 aliphatic carbocycles. The van der Waals surface area contributed by atoms with E-state index < -0.39 is 0 Å². The van der Waals surface area contributed by atoms with E-state index in [0.29, 0.717) is 32.0 Å². The van der Waals surface area contributed by atoms with Crippen molar-refractivity contribution in [2.24, 2.45) is 5.73 Å². The smallest absolute Gasteiger partial charge is 0.270 e. The van der Waals surface area contributed by atoms with E-state index in [0.717, 1.165) is 17.8 Å². The molecule has 7 heteroatoms. The van der Waals surface area contributed by atoms with Crippen LogP contribution in [-0.4, -0.2) is 37.2 Å². The number of nitrogens with zero attached hydrogens (tertiary/aromatic N) is 1. The Hall–Kier alpha value is -0.690. The molecule has 0 saturated heterocycles. The summed E-state index contributed by atoms with van der Waals surface area (Å²) in [5.74, 6) is -0.124. The molecule has 1 heterocycles. The maximum atomic E-state index is 11.7. The molecule has 5 nitrogen and oxygen atoms in total. The molecule has 18 heavy (non-hydrogen) atoms. The Bertz CT molecular complexity index is 347. The summed E-state index contributed by atoms with van der Waals surface area (Å²) in [6, 6.07) is 0. The van der Waals surface area contributed by atoms with Gasteiger partial charge in [0.2, 0.25) is 0 Å². The summed E-state index contributed by atoms with van der Waals surface area (Å²) >= 11 is 1.47. The van der Waals surface area contributed by atoms with Crippen LogP contribution in [-0.2, 0) is 11.2 Å². The fraction of sp³-hybridized carbons (Fsp3) is 0.636. The molecule has 0 unspecified atom stereocenters. The second kappa shape index (κ2) is 10.3. The molecule has 0 atom stereocenters. The third-order valence-corrected chi connectivity index (χ3v) is 3.01. The first kappa shape index (κ1) is 17.3. The molecule has 1 aromatic rings. The van der Waals surface area contributed by atoms with Crippen molar-refractivity contribution in [2.45, 2.75) is 19.8 Å². The summed E-state index contributed by atoms with van der Waals surface area (Å²) in [6.07, 6.45) is 1.54. The van der Waals surface area contributed by atoms with E-state index in [2.05, 4.69) is 10.3 Å². The van der Waals surface area contributed by atoms with Crippen LogP contribution in [0.3, 0.4) is 0 Å². The van der Waals surface area contributed by atoms with E-state index in [4.69, 9.17) is 10.5 Å². The zero-order valence-corrected chi connectivity index (χ0v) is 12.1. The number of halogens is 1. The molecule has 104 valence electrons. The largest absolute Gasteiger partial charge is 0.382 e. The van der Waals surface area contributed by atoms with Crippen LogP contribution >= 0.6 is 23.7 Å². The van der Waals surface area contributed by atoms with Crippen LogP contribution in [0, 0.1) is 0 Å². The number of aromatic nitrogens is 1. The average molecular weight is 294 g/mol. The number of hydrogen-bond donors (Lipinski definition) is 2. The Labute approximate surface area is 118 Å². The van der Waals surface area contributed by atoms with E-state index in [9.17, 15) is 4.79 Å². The number of nitrogens with one attached hydrogen (secondary N) is 1. The van der Waals surface area contributed by atoms with E-state index >= 15 is 0 Å². The normalized spacial score (nSPS) is 9.89. The van der Waals surface area contributed by atoms with Crippen LogP contribution < -0.4 is 11.1 Å². The minimum absolute atomic E-state index is 0. The topological polar surface area (TPSA) is 77.2 Å². The molecule has 0 spiro atoms. The first-order valence-electron chi connectivity index (χ1n) is 5.78. The van der Waals surface area contributed by atoms with Crippen LogP contribution in [0.4, 0.5) is 0 Å². The highest BCUT2D eigenvalue weighted by atomic mass is 35.5. The van der Waals surface area contributed by atoms with Crippen LogP contribution in [0.5, 0.6) is 0 Å². The van der Waals surface area contributed by atoms with E-state index in [-0.39, 0.29) is 18.3 Å². The Morgan fingerprint density at radius 2 is 2.39 bits per heavy atom. The van der Waals surface area contributed by atoms with Gasteiger partial charge < -0.3 is 15.8 Å². The SMILES string of the molecule is CCOCCCNC(=O)c1csc(CCN)n1.Cl. The summed E-state index contributed by atoms with van der Waals surface area (Å²) < 4.78 is 5.18. The predicted octanol–water partition coefficient (Wildman–Crippen LogP) is 1.22. The van der Waals surface area contributed by atoms with Gasteiger partial charge in [-0.25, -0.2) is 4.98 Å². The van der Waals surface area contributed by atoms with Crippen molar-refractivity contribution in [1.29, 1.82) is 0 Å². The number of nitrogens with two attached hydrogens (primary N) is 1. The first-order chi connectivity index (χ1) is 8.27. The average Bonchev–Trinajstić information content (AvgIpc) is 2.78. The summed E-state index contributed by atoms with van der Waals surface area (Å²) in [6.45, 7) is 4.51. The molecule has 1 amide bonds. The van der Waals surface area contributed by atoms with E-state index in [1.54, 1.807) is 5.38 Å². The van der Waals surface area contributed by atoms with Crippen molar-refractivity contribution in [3.63, 3.8) is 0 Å². The van der Waals surface area contributed by atoms with Gasteiger partial charge in [-0.1, -0.05) is 0 Å². The molecule has 0 aliphatic rings. The van der Waals surface area contributed by atoms with Gasteiger partial charge in [-0.3, -0.25) is 4.79 Å². The van der Waals surface area contributed by atoms with Gasteiger partial charge in [0.15, 0.2) is 0 Å². The molecule has 3 N–H and O–H groups in total. The molecule has 0 fully saturated rings. The monoisotopic (exact) mass is 293 g/mol. The standard InChI is InChI=1S/C11H19N3O2S.ClH/c1-2-16-7-3-6-13-11(15)9-8-17-10(14-9)4-5-12;/h8H,2-7,12H2,1H3,(H,13,15);1H. The van der Waals surface area contributed by atoms with Crippen molar-refractivity contribution >= 4 is 29.7 Å². The van der Waals surface area contributed by atoms with Crippen molar-refractivity contribution in [2.75, 3.05) is 26.3 Å². The Balaban J connectivity index is 0.00000289. The van der Waals surface area contributed by atoms with Crippen molar-refractivity contribution in [3.8, 4) is 0 Å². The summed E-state index contributed by atoms with van der Waals surface area (Å²) in [7, 11) is 0. The number of hydrogen-bond acceptors (Lipinski definition) is 5. The van der Waals surface area contributed by atoms with Gasteiger partial charge in [0, 0.05) is 31.6 Å². The predicted molar refractivity (Wildman–Crippen MR) is 75.6 cm³/mol. The van der Waals surface area contributed by atoms with Crippen LogP contribution in [0.1, 0.15) is 28.8 Å². The first-order valence-corrected chi connectivity index (χ1v) is 6.66. The minimum Gasteiger partial charge on any atom is -0.382 e. The lowest BCUT2D eigenvalue weighted by Crippen LogP contribution is -2.25. The maximum Gasteiger partial charge on any atom is 0.270 e. The lowest BCUT2D eigenvalue weighted by atomic mass is 10.4. The lowest BCUT2D eigenvalue weighted by molar-refractivity contribution is 0.0940. The van der Waals surface area contributed by atoms with Crippen molar-refractivity contribution in [1.82, 2.24) is 10.3 Å². The van der Waals surface area contributed by atoms with Gasteiger partial charge in [-0.2, -0.15) is 0 Å². The van der Waals surface area contributed by atoms with Gasteiger partial charge in [-0.05, 0) is 19.9 Å². The fourth-order valence-corrected chi connectivity index (χ4v) is 2.06. The fourth-order valence-electron chi connectivity index (χ4n) is 1.26. The van der Waals surface area contributed by atoms with Gasteiger partial charge in [0.05, 0.1) is 5.01 Å². The van der Waals surface area contributed by atoms with Crippen LogP contribution in [0.25, 0.3) is 0 Å². The number of amides is 1.